The summed E-state index contributed by atoms with van der Waals surface area (Å²) in [5.74, 6) is 1.13. The standard InChI is InChI=1S/C14H22N2S/c1-3-17-13-6-4-12(5-7-13)16(2)11-14(10-15)8-9-14/h4-7H,3,8-11,15H2,1-2H3. The molecule has 0 aliphatic heterocycles. The number of hydrogen-bond acceptors (Lipinski definition) is 3. The summed E-state index contributed by atoms with van der Waals surface area (Å²) in [5.41, 5.74) is 7.53. The van der Waals surface area contributed by atoms with Gasteiger partial charge in [-0.3, -0.25) is 0 Å². The van der Waals surface area contributed by atoms with Crippen LogP contribution in [0.15, 0.2) is 29.2 Å². The fourth-order valence-electron chi connectivity index (χ4n) is 2.16. The minimum absolute atomic E-state index is 0.408. The second kappa shape index (κ2) is 5.32. The number of anilines is 1. The lowest BCUT2D eigenvalue weighted by Crippen LogP contribution is -2.31. The van der Waals surface area contributed by atoms with Crippen LogP contribution in [0.25, 0.3) is 0 Å². The van der Waals surface area contributed by atoms with Crippen molar-refractivity contribution < 1.29 is 0 Å². The number of nitrogens with two attached hydrogens (primary N) is 1. The maximum atomic E-state index is 5.83. The fourth-order valence-corrected chi connectivity index (χ4v) is 2.82. The molecule has 3 heteroatoms. The first kappa shape index (κ1) is 12.8. The van der Waals surface area contributed by atoms with Crippen molar-refractivity contribution in [2.45, 2.75) is 24.7 Å². The largest absolute Gasteiger partial charge is 0.374 e. The molecule has 94 valence electrons. The molecule has 0 heterocycles. The SMILES string of the molecule is CCSc1ccc(N(C)CC2(CN)CC2)cc1. The summed E-state index contributed by atoms with van der Waals surface area (Å²) in [5, 5.41) is 0. The predicted octanol–water partition coefficient (Wildman–Crippen LogP) is 2.97. The first-order valence-electron chi connectivity index (χ1n) is 6.33. The van der Waals surface area contributed by atoms with Crippen LogP contribution in [0.2, 0.25) is 0 Å². The molecule has 2 nitrogen and oxygen atoms in total. The van der Waals surface area contributed by atoms with E-state index < -0.39 is 0 Å². The smallest absolute Gasteiger partial charge is 0.0364 e. The molecule has 2 rings (SSSR count). The van der Waals surface area contributed by atoms with Gasteiger partial charge in [-0.25, -0.2) is 0 Å². The number of nitrogens with zero attached hydrogens (tertiary/aromatic N) is 1. The third kappa shape index (κ3) is 3.17. The molecule has 0 bridgehead atoms. The normalized spacial score (nSPS) is 16.9. The van der Waals surface area contributed by atoms with Crippen LogP contribution in [-0.2, 0) is 0 Å². The number of thioether (sulfide) groups is 1. The summed E-state index contributed by atoms with van der Waals surface area (Å²) < 4.78 is 0. The van der Waals surface area contributed by atoms with E-state index in [0.717, 1.165) is 18.8 Å². The van der Waals surface area contributed by atoms with E-state index in [1.54, 1.807) is 0 Å². The molecule has 2 N–H and O–H groups in total. The Morgan fingerprint density at radius 1 is 1.29 bits per heavy atom. The van der Waals surface area contributed by atoms with Gasteiger partial charge >= 0.3 is 0 Å². The van der Waals surface area contributed by atoms with Crippen molar-refractivity contribution in [1.29, 1.82) is 0 Å². The second-order valence-corrected chi connectivity index (χ2v) is 6.32. The second-order valence-electron chi connectivity index (χ2n) is 4.99. The van der Waals surface area contributed by atoms with Crippen molar-refractivity contribution in [3.63, 3.8) is 0 Å². The van der Waals surface area contributed by atoms with E-state index in [9.17, 15) is 0 Å². The fraction of sp³-hybridized carbons (Fsp3) is 0.571. The van der Waals surface area contributed by atoms with E-state index in [0.29, 0.717) is 5.41 Å². The van der Waals surface area contributed by atoms with Crippen LogP contribution < -0.4 is 10.6 Å². The Kier molecular flexibility index (Phi) is 4.00. The summed E-state index contributed by atoms with van der Waals surface area (Å²) in [6.45, 7) is 4.09. The average molecular weight is 250 g/mol. The summed E-state index contributed by atoms with van der Waals surface area (Å²) in [6.07, 6.45) is 2.58. The van der Waals surface area contributed by atoms with Crippen LogP contribution in [-0.4, -0.2) is 25.9 Å². The Balaban J connectivity index is 1.96. The summed E-state index contributed by atoms with van der Waals surface area (Å²) in [6, 6.07) is 8.85. The van der Waals surface area contributed by atoms with Gasteiger partial charge in [0, 0.05) is 29.6 Å². The maximum Gasteiger partial charge on any atom is 0.0364 e. The van der Waals surface area contributed by atoms with Crippen LogP contribution in [0.1, 0.15) is 19.8 Å². The van der Waals surface area contributed by atoms with Crippen molar-refractivity contribution in [3.8, 4) is 0 Å². The molecule has 0 spiro atoms. The summed E-state index contributed by atoms with van der Waals surface area (Å²) in [7, 11) is 2.16. The Labute approximate surface area is 109 Å². The van der Waals surface area contributed by atoms with Gasteiger partial charge in [-0.1, -0.05) is 6.92 Å². The van der Waals surface area contributed by atoms with Crippen molar-refractivity contribution in [2.24, 2.45) is 11.1 Å². The molecule has 1 fully saturated rings. The van der Waals surface area contributed by atoms with E-state index in [2.05, 4.69) is 43.1 Å². The van der Waals surface area contributed by atoms with Crippen LogP contribution in [0.3, 0.4) is 0 Å². The van der Waals surface area contributed by atoms with Crippen molar-refractivity contribution in [2.75, 3.05) is 30.8 Å². The van der Waals surface area contributed by atoms with Crippen molar-refractivity contribution in [1.82, 2.24) is 0 Å². The Morgan fingerprint density at radius 3 is 2.41 bits per heavy atom. The van der Waals surface area contributed by atoms with Gasteiger partial charge in [0.2, 0.25) is 0 Å². The minimum atomic E-state index is 0.408. The Morgan fingerprint density at radius 2 is 1.94 bits per heavy atom. The van der Waals surface area contributed by atoms with E-state index in [1.165, 1.54) is 23.4 Å². The van der Waals surface area contributed by atoms with Gasteiger partial charge < -0.3 is 10.6 Å². The van der Waals surface area contributed by atoms with Crippen molar-refractivity contribution >= 4 is 17.4 Å². The molecule has 0 radical (unpaired) electrons. The maximum absolute atomic E-state index is 5.83. The predicted molar refractivity (Wildman–Crippen MR) is 76.8 cm³/mol. The quantitative estimate of drug-likeness (QED) is 0.787. The van der Waals surface area contributed by atoms with Gasteiger partial charge in [-0.15, -0.1) is 11.8 Å². The Bertz CT molecular complexity index is 357. The van der Waals surface area contributed by atoms with Gasteiger partial charge in [0.05, 0.1) is 0 Å². The van der Waals surface area contributed by atoms with Crippen LogP contribution in [0.4, 0.5) is 5.69 Å². The highest BCUT2D eigenvalue weighted by molar-refractivity contribution is 7.99. The molecule has 0 atom stereocenters. The van der Waals surface area contributed by atoms with Gasteiger partial charge in [-0.2, -0.15) is 0 Å². The number of benzene rings is 1. The van der Waals surface area contributed by atoms with Gasteiger partial charge in [-0.05, 0) is 49.4 Å². The molecule has 0 amide bonds. The highest BCUT2D eigenvalue weighted by atomic mass is 32.2. The molecule has 1 saturated carbocycles. The molecular formula is C14H22N2S. The lowest BCUT2D eigenvalue weighted by Gasteiger charge is -2.24. The molecule has 1 aliphatic carbocycles. The summed E-state index contributed by atoms with van der Waals surface area (Å²) >= 11 is 1.89. The van der Waals surface area contributed by atoms with Gasteiger partial charge in [0.15, 0.2) is 0 Å². The zero-order chi connectivity index (χ0) is 12.3. The minimum Gasteiger partial charge on any atom is -0.374 e. The van der Waals surface area contributed by atoms with E-state index in [-0.39, 0.29) is 0 Å². The van der Waals surface area contributed by atoms with Crippen LogP contribution >= 0.6 is 11.8 Å². The molecule has 1 aromatic carbocycles. The van der Waals surface area contributed by atoms with Crippen LogP contribution in [0.5, 0.6) is 0 Å². The first-order chi connectivity index (χ1) is 8.19. The van der Waals surface area contributed by atoms with Crippen molar-refractivity contribution in [3.05, 3.63) is 24.3 Å². The molecule has 0 saturated heterocycles. The summed E-state index contributed by atoms with van der Waals surface area (Å²) in [4.78, 5) is 3.69. The molecule has 17 heavy (non-hydrogen) atoms. The molecule has 1 aromatic rings. The lowest BCUT2D eigenvalue weighted by molar-refractivity contribution is 0.523. The van der Waals surface area contributed by atoms with Gasteiger partial charge in [0.1, 0.15) is 0 Å². The highest BCUT2D eigenvalue weighted by Crippen LogP contribution is 2.45. The molecule has 0 aromatic heterocycles. The van der Waals surface area contributed by atoms with E-state index in [4.69, 9.17) is 5.73 Å². The molecule has 1 aliphatic rings. The first-order valence-corrected chi connectivity index (χ1v) is 7.32. The van der Waals surface area contributed by atoms with Crippen LogP contribution in [0, 0.1) is 5.41 Å². The monoisotopic (exact) mass is 250 g/mol. The molecular weight excluding hydrogens is 228 g/mol. The zero-order valence-electron chi connectivity index (χ0n) is 10.8. The lowest BCUT2D eigenvalue weighted by atomic mass is 10.1. The van der Waals surface area contributed by atoms with Gasteiger partial charge in [0.25, 0.3) is 0 Å². The molecule has 0 unspecified atom stereocenters. The zero-order valence-corrected chi connectivity index (χ0v) is 11.6. The topological polar surface area (TPSA) is 29.3 Å². The number of rotatable bonds is 6. The number of hydrogen-bond donors (Lipinski definition) is 1. The third-order valence-electron chi connectivity index (χ3n) is 3.55. The highest BCUT2D eigenvalue weighted by Gasteiger charge is 2.41. The third-order valence-corrected chi connectivity index (χ3v) is 4.45. The average Bonchev–Trinajstić information content (AvgIpc) is 3.11. The van der Waals surface area contributed by atoms with E-state index >= 15 is 0 Å². The van der Waals surface area contributed by atoms with E-state index in [1.807, 2.05) is 11.8 Å². The Hall–Kier alpha value is -0.670.